The fraction of sp³-hybridized carbons (Fsp3) is 0.263. The zero-order chi connectivity index (χ0) is 21.1. The predicted molar refractivity (Wildman–Crippen MR) is 112 cm³/mol. The van der Waals surface area contributed by atoms with Gasteiger partial charge >= 0.3 is 5.69 Å². The third-order valence-corrected chi connectivity index (χ3v) is 6.52. The van der Waals surface area contributed by atoms with Gasteiger partial charge in [-0.1, -0.05) is 0 Å². The van der Waals surface area contributed by atoms with Crippen LogP contribution in [0.3, 0.4) is 0 Å². The molecule has 0 saturated carbocycles. The van der Waals surface area contributed by atoms with Crippen molar-refractivity contribution in [3.05, 3.63) is 57.2 Å². The molecular weight excluding hydrogens is 420 g/mol. The molecule has 6 rings (SSSR count). The molecule has 1 aliphatic rings. The average molecular weight is 436 g/mol. The minimum Gasteiger partial charge on any atom is -0.456 e. The first-order valence-corrected chi connectivity index (χ1v) is 10.5. The standard InChI is InChI=1S/C19H16N8O3S/c1-24-5-4-13-15(9-24)31-19-16(13)18-22-17(23-26(18)10-20-19)14-3-2-12(30-14)8-25-7-11(6-21-25)27(28)29/h2-3,6-7,10H,4-5,8-9H2,1H3. The molecule has 0 fully saturated rings. The quantitative estimate of drug-likeness (QED) is 0.311. The summed E-state index contributed by atoms with van der Waals surface area (Å²) in [5.74, 6) is 1.60. The molecule has 0 aliphatic carbocycles. The van der Waals surface area contributed by atoms with Gasteiger partial charge < -0.3 is 9.32 Å². The van der Waals surface area contributed by atoms with Crippen LogP contribution in [0.5, 0.6) is 0 Å². The molecule has 5 aromatic heterocycles. The van der Waals surface area contributed by atoms with Gasteiger partial charge in [-0.05, 0) is 31.2 Å². The van der Waals surface area contributed by atoms with Crippen LogP contribution in [0.25, 0.3) is 27.4 Å². The Balaban J connectivity index is 1.36. The highest BCUT2D eigenvalue weighted by Gasteiger charge is 2.23. The number of furan rings is 1. The second-order valence-electron chi connectivity index (χ2n) is 7.54. The van der Waals surface area contributed by atoms with E-state index in [1.165, 1.54) is 27.5 Å². The predicted octanol–water partition coefficient (Wildman–Crippen LogP) is 2.74. The number of rotatable bonds is 4. The maximum atomic E-state index is 10.8. The zero-order valence-corrected chi connectivity index (χ0v) is 17.2. The summed E-state index contributed by atoms with van der Waals surface area (Å²) in [7, 11) is 2.13. The number of hydrogen-bond donors (Lipinski definition) is 0. The Labute approximate surface area is 178 Å². The second kappa shape index (κ2) is 6.68. The smallest absolute Gasteiger partial charge is 0.307 e. The maximum Gasteiger partial charge on any atom is 0.307 e. The summed E-state index contributed by atoms with van der Waals surface area (Å²) in [6, 6.07) is 3.59. The van der Waals surface area contributed by atoms with Crippen LogP contribution in [0.4, 0.5) is 5.69 Å². The van der Waals surface area contributed by atoms with E-state index in [9.17, 15) is 10.1 Å². The summed E-state index contributed by atoms with van der Waals surface area (Å²) in [5.41, 5.74) is 2.04. The van der Waals surface area contributed by atoms with E-state index in [1.807, 2.05) is 0 Å². The molecule has 0 radical (unpaired) electrons. The van der Waals surface area contributed by atoms with E-state index in [1.54, 1.807) is 34.3 Å². The van der Waals surface area contributed by atoms with Crippen molar-refractivity contribution in [3.8, 4) is 11.6 Å². The van der Waals surface area contributed by atoms with Crippen molar-refractivity contribution in [2.24, 2.45) is 0 Å². The van der Waals surface area contributed by atoms with Crippen LogP contribution in [0.2, 0.25) is 0 Å². The molecule has 0 atom stereocenters. The SMILES string of the molecule is CN1CCc2c(sc3ncn4nc(-c5ccc(Cn6cc([N+](=O)[O-])cn6)o5)nc4c23)C1. The summed E-state index contributed by atoms with van der Waals surface area (Å²) < 4.78 is 9.05. The van der Waals surface area contributed by atoms with Gasteiger partial charge in [0, 0.05) is 18.0 Å². The Morgan fingerprint density at radius 3 is 3.10 bits per heavy atom. The second-order valence-corrected chi connectivity index (χ2v) is 8.62. The fourth-order valence-electron chi connectivity index (χ4n) is 3.90. The molecule has 11 nitrogen and oxygen atoms in total. The van der Waals surface area contributed by atoms with E-state index in [0.29, 0.717) is 17.3 Å². The van der Waals surface area contributed by atoms with Crippen molar-refractivity contribution in [2.75, 3.05) is 13.6 Å². The van der Waals surface area contributed by atoms with E-state index in [0.717, 1.165) is 35.4 Å². The number of fused-ring (bicyclic) bond motifs is 5. The van der Waals surface area contributed by atoms with Gasteiger partial charge in [-0.25, -0.2) is 14.5 Å². The van der Waals surface area contributed by atoms with Crippen LogP contribution in [-0.4, -0.2) is 52.8 Å². The van der Waals surface area contributed by atoms with Crippen LogP contribution >= 0.6 is 11.3 Å². The molecule has 0 unspecified atom stereocenters. The van der Waals surface area contributed by atoms with Gasteiger partial charge in [-0.2, -0.15) is 5.10 Å². The Kier molecular flexibility index (Phi) is 3.91. The summed E-state index contributed by atoms with van der Waals surface area (Å²) >= 11 is 1.72. The lowest BCUT2D eigenvalue weighted by atomic mass is 10.1. The molecule has 0 saturated heterocycles. The zero-order valence-electron chi connectivity index (χ0n) is 16.4. The van der Waals surface area contributed by atoms with E-state index in [-0.39, 0.29) is 12.2 Å². The lowest BCUT2D eigenvalue weighted by Gasteiger charge is -2.21. The van der Waals surface area contributed by atoms with Gasteiger partial charge in [-0.3, -0.25) is 14.8 Å². The first-order chi connectivity index (χ1) is 15.0. The molecule has 0 bridgehead atoms. The topological polar surface area (TPSA) is 120 Å². The molecule has 156 valence electrons. The van der Waals surface area contributed by atoms with Gasteiger partial charge in [0.05, 0.1) is 16.9 Å². The molecule has 0 spiro atoms. The number of nitrogens with zero attached hydrogens (tertiary/aromatic N) is 8. The lowest BCUT2D eigenvalue weighted by Crippen LogP contribution is -2.25. The van der Waals surface area contributed by atoms with E-state index < -0.39 is 4.92 Å². The fourth-order valence-corrected chi connectivity index (χ4v) is 5.16. The van der Waals surface area contributed by atoms with E-state index in [4.69, 9.17) is 9.40 Å². The van der Waals surface area contributed by atoms with E-state index >= 15 is 0 Å². The molecular formula is C19H16N8O3S. The summed E-state index contributed by atoms with van der Waals surface area (Å²) in [6.07, 6.45) is 5.23. The monoisotopic (exact) mass is 436 g/mol. The third kappa shape index (κ3) is 2.99. The number of hydrogen-bond acceptors (Lipinski definition) is 9. The summed E-state index contributed by atoms with van der Waals surface area (Å²) in [4.78, 5) is 24.3. The first-order valence-electron chi connectivity index (χ1n) is 9.65. The van der Waals surface area contributed by atoms with Crippen LogP contribution in [0.15, 0.2) is 35.3 Å². The lowest BCUT2D eigenvalue weighted by molar-refractivity contribution is -0.385. The van der Waals surface area contributed by atoms with E-state index in [2.05, 4.69) is 27.1 Å². The number of aromatic nitrogens is 6. The van der Waals surface area contributed by atoms with Crippen molar-refractivity contribution >= 4 is 32.9 Å². The highest BCUT2D eigenvalue weighted by atomic mass is 32.1. The minimum atomic E-state index is -0.479. The molecule has 6 heterocycles. The molecule has 5 aromatic rings. The van der Waals surface area contributed by atoms with Crippen molar-refractivity contribution in [2.45, 2.75) is 19.5 Å². The maximum absolute atomic E-state index is 10.8. The van der Waals surface area contributed by atoms with Crippen molar-refractivity contribution < 1.29 is 9.34 Å². The Morgan fingerprint density at radius 1 is 1.35 bits per heavy atom. The molecule has 0 aromatic carbocycles. The molecule has 12 heteroatoms. The normalized spacial score (nSPS) is 14.5. The summed E-state index contributed by atoms with van der Waals surface area (Å²) in [6.45, 7) is 2.21. The Morgan fingerprint density at radius 2 is 2.26 bits per heavy atom. The number of nitro groups is 1. The molecule has 0 N–H and O–H groups in total. The van der Waals surface area contributed by atoms with Gasteiger partial charge in [0.1, 0.15) is 29.3 Å². The third-order valence-electron chi connectivity index (χ3n) is 5.40. The highest BCUT2D eigenvalue weighted by molar-refractivity contribution is 7.19. The van der Waals surface area contributed by atoms with Gasteiger partial charge in [-0.15, -0.1) is 16.4 Å². The van der Waals surface area contributed by atoms with Crippen molar-refractivity contribution in [1.82, 2.24) is 34.3 Å². The molecule has 1 aliphatic heterocycles. The number of thiophene rings is 1. The van der Waals surface area contributed by atoms with Gasteiger partial charge in [0.15, 0.2) is 11.4 Å². The van der Waals surface area contributed by atoms with Crippen molar-refractivity contribution in [1.29, 1.82) is 0 Å². The Hall–Kier alpha value is -3.64. The number of likely N-dealkylation sites (N-methyl/N-ethyl adjacent to an activating group) is 1. The largest absolute Gasteiger partial charge is 0.456 e. The highest BCUT2D eigenvalue weighted by Crippen LogP contribution is 2.36. The van der Waals surface area contributed by atoms with Crippen molar-refractivity contribution in [3.63, 3.8) is 0 Å². The average Bonchev–Trinajstić information content (AvgIpc) is 3.51. The van der Waals surface area contributed by atoms with Crippen LogP contribution < -0.4 is 0 Å². The van der Waals surface area contributed by atoms with Crippen LogP contribution in [0, 0.1) is 10.1 Å². The summed E-state index contributed by atoms with van der Waals surface area (Å²) in [5, 5.41) is 20.4. The van der Waals surface area contributed by atoms with Gasteiger partial charge in [0.25, 0.3) is 0 Å². The van der Waals surface area contributed by atoms with Gasteiger partial charge in [0.2, 0.25) is 5.82 Å². The van der Waals surface area contributed by atoms with Crippen LogP contribution in [0.1, 0.15) is 16.2 Å². The minimum absolute atomic E-state index is 0.0596. The molecule has 31 heavy (non-hydrogen) atoms. The van der Waals surface area contributed by atoms with Crippen LogP contribution in [-0.2, 0) is 19.5 Å². The Bertz CT molecular complexity index is 1460. The molecule has 0 amide bonds. The first kappa shape index (κ1) is 18.2.